The topological polar surface area (TPSA) is 214 Å². The highest BCUT2D eigenvalue weighted by Gasteiger charge is 2.58. The van der Waals surface area contributed by atoms with Gasteiger partial charge in [0, 0.05) is 95.4 Å². The summed E-state index contributed by atoms with van der Waals surface area (Å²) in [5.41, 5.74) is 6.53. The molecular formula is C65H56N8O12. The predicted molar refractivity (Wildman–Crippen MR) is 315 cm³/mol. The van der Waals surface area contributed by atoms with Crippen LogP contribution in [0.4, 0.5) is 9.59 Å². The van der Waals surface area contributed by atoms with Crippen molar-refractivity contribution in [2.24, 2.45) is 0 Å². The van der Waals surface area contributed by atoms with Crippen LogP contribution in [0.1, 0.15) is 83.4 Å². The van der Waals surface area contributed by atoms with Crippen LogP contribution in [-0.4, -0.2) is 122 Å². The smallest absolute Gasteiger partial charge is 0.415 e. The van der Waals surface area contributed by atoms with Crippen molar-refractivity contribution in [1.29, 1.82) is 0 Å². The molecule has 10 heterocycles. The molecule has 2 saturated heterocycles. The summed E-state index contributed by atoms with van der Waals surface area (Å²) in [5.74, 6) is -0.413. The molecule has 2 fully saturated rings. The van der Waals surface area contributed by atoms with Gasteiger partial charge in [-0.15, -0.1) is 0 Å². The highest BCUT2D eigenvalue weighted by molar-refractivity contribution is 6.33. The largest absolute Gasteiger partial charge is 0.453 e. The number of nitrogens with zero attached hydrogens (tertiary/aromatic N) is 6. The molecule has 0 saturated carbocycles. The average molecular weight is 1140 g/mol. The number of aliphatic hydroxyl groups excluding tert-OH is 2. The van der Waals surface area contributed by atoms with Gasteiger partial charge in [-0.25, -0.2) is 9.59 Å². The van der Waals surface area contributed by atoms with Gasteiger partial charge in [0.15, 0.2) is 23.9 Å². The summed E-state index contributed by atoms with van der Waals surface area (Å²) in [6, 6.07) is 35.7. The fourth-order valence-electron chi connectivity index (χ4n) is 16.4. The minimum absolute atomic E-state index is 0.268. The van der Waals surface area contributed by atoms with Gasteiger partial charge in [0.1, 0.15) is 30.4 Å². The molecule has 4 aromatic heterocycles. The van der Waals surface area contributed by atoms with Crippen LogP contribution in [-0.2, 0) is 35.1 Å². The number of hydrogen-bond acceptors (Lipinski definition) is 12. The molecule has 6 aliphatic heterocycles. The van der Waals surface area contributed by atoms with Gasteiger partial charge in [0.2, 0.25) is 0 Å². The number of nitrogens with one attached hydrogen (secondary N) is 2. The summed E-state index contributed by atoms with van der Waals surface area (Å²) in [6.07, 6.45) is -6.24. The molecule has 0 spiro atoms. The van der Waals surface area contributed by atoms with Gasteiger partial charge in [0.25, 0.3) is 11.8 Å². The highest BCUT2D eigenvalue weighted by Crippen LogP contribution is 2.58. The standard InChI is InChI=1S/C65H56N8O12/c1-64-56(80-5)40(68(3)62(78)82-7)27-43(85-64)71-38-25-29(21-23-34(38)45-49-50(60(76)67-59(49)75)46-33-18-12-14-20-37(33)72(64)54(46)53(45)71)30-22-24-35-39(26-30)73-55-47(35)51-48(58(74)66-61(51)77)44-32-17-11-13-19-36(32)70(52(44)55)42-28-41(57(81-6)65(73,2)84-42)69(4)63(79)83-31-15-9-8-10-16-31/h8-26,40-43,56-57,60-61,76-77H,27-28H2,1-7H3,(H,66,74)(H,67,75). The van der Waals surface area contributed by atoms with E-state index in [0.717, 1.165) is 71.3 Å². The van der Waals surface area contributed by atoms with Crippen LogP contribution in [0.3, 0.4) is 0 Å². The Morgan fingerprint density at radius 1 is 0.553 bits per heavy atom. The lowest BCUT2D eigenvalue weighted by molar-refractivity contribution is -0.265. The van der Waals surface area contributed by atoms with Crippen LogP contribution >= 0.6 is 0 Å². The number of carbonyl (C=O) groups is 4. The Labute approximate surface area is 483 Å². The maximum absolute atomic E-state index is 14.5. The van der Waals surface area contributed by atoms with Crippen LogP contribution in [0.2, 0.25) is 0 Å². The normalized spacial score (nSPS) is 26.3. The number of methoxy groups -OCH3 is 3. The van der Waals surface area contributed by atoms with Crippen molar-refractivity contribution in [3.05, 3.63) is 138 Å². The number of benzene rings is 7. The van der Waals surface area contributed by atoms with Gasteiger partial charge in [0.05, 0.1) is 74.5 Å². The quantitative estimate of drug-likeness (QED) is 0.122. The van der Waals surface area contributed by atoms with Gasteiger partial charge in [-0.1, -0.05) is 78.9 Å². The number of likely N-dealkylation sites (N-methyl/N-ethyl adjacent to an activating group) is 2. The lowest BCUT2D eigenvalue weighted by Crippen LogP contribution is -2.61. The molecule has 0 aliphatic carbocycles. The fraction of sp³-hybridized carbons (Fsp3) is 0.292. The Balaban J connectivity index is 0.947. The molecule has 6 aliphatic rings. The zero-order valence-electron chi connectivity index (χ0n) is 47.2. The first-order valence-electron chi connectivity index (χ1n) is 28.5. The summed E-state index contributed by atoms with van der Waals surface area (Å²) in [4.78, 5) is 60.1. The number of ether oxygens (including phenoxy) is 6. The summed E-state index contributed by atoms with van der Waals surface area (Å²) in [5, 5.41) is 35.5. The first-order chi connectivity index (χ1) is 41.1. The fourth-order valence-corrected chi connectivity index (χ4v) is 16.4. The molecule has 7 aromatic carbocycles. The molecule has 20 heteroatoms. The van der Waals surface area contributed by atoms with Crippen molar-refractivity contribution in [1.82, 2.24) is 38.7 Å². The average Bonchev–Trinajstić information content (AvgIpc) is 1.53. The molecule has 10 unspecified atom stereocenters. The van der Waals surface area contributed by atoms with Crippen LogP contribution in [0, 0.1) is 0 Å². The van der Waals surface area contributed by atoms with Crippen LogP contribution in [0.5, 0.6) is 5.75 Å². The summed E-state index contributed by atoms with van der Waals surface area (Å²) in [7, 11) is 8.00. The maximum atomic E-state index is 14.5. The molecule has 17 rings (SSSR count). The Bertz CT molecular complexity index is 4890. The predicted octanol–water partition coefficient (Wildman–Crippen LogP) is 10.1. The third kappa shape index (κ3) is 6.14. The van der Waals surface area contributed by atoms with E-state index in [4.69, 9.17) is 28.4 Å². The Morgan fingerprint density at radius 2 is 1.00 bits per heavy atom. The molecule has 85 heavy (non-hydrogen) atoms. The lowest BCUT2D eigenvalue weighted by Gasteiger charge is -2.50. The first kappa shape index (κ1) is 50.5. The number of aliphatic hydroxyl groups is 2. The molecule has 4 N–H and O–H groups in total. The third-order valence-electron chi connectivity index (χ3n) is 19.7. The van der Waals surface area contributed by atoms with E-state index in [1.165, 1.54) is 7.11 Å². The van der Waals surface area contributed by atoms with E-state index < -0.39 is 84.7 Å². The van der Waals surface area contributed by atoms with Gasteiger partial charge < -0.3 is 77.3 Å². The first-order valence-corrected chi connectivity index (χ1v) is 28.5. The van der Waals surface area contributed by atoms with E-state index in [0.29, 0.717) is 55.1 Å². The second-order valence-electron chi connectivity index (χ2n) is 23.7. The minimum atomic E-state index is -1.38. The van der Waals surface area contributed by atoms with Gasteiger partial charge in [-0.2, -0.15) is 0 Å². The second kappa shape index (κ2) is 17.1. The van der Waals surface area contributed by atoms with Crippen molar-refractivity contribution >= 4 is 111 Å². The van der Waals surface area contributed by atoms with E-state index in [-0.39, 0.29) is 12.8 Å². The number of hydrogen-bond donors (Lipinski definition) is 4. The van der Waals surface area contributed by atoms with Crippen molar-refractivity contribution < 1.29 is 57.8 Å². The van der Waals surface area contributed by atoms with Gasteiger partial charge in [-0.3, -0.25) is 9.59 Å². The van der Waals surface area contributed by atoms with Gasteiger partial charge in [-0.05, 0) is 61.4 Å². The van der Waals surface area contributed by atoms with Crippen molar-refractivity contribution in [2.75, 3.05) is 35.4 Å². The van der Waals surface area contributed by atoms with Crippen LogP contribution < -0.4 is 15.4 Å². The van der Waals surface area contributed by atoms with E-state index in [1.54, 1.807) is 62.4 Å². The molecule has 428 valence electrons. The SMILES string of the molecule is COC(=O)N(C)C1CC2OC(C)(C1OC)n1c3ccccc3c3c4c(c5c6ccc(-c7ccc8c9c%10c(c%11c%12ccccc%12n%12c%11c9n(c8c7)C7(C)OC%12CC(N(C)C(=O)Oc8ccccc8)C7OC)C(=O)NC%10O)cc6n2c5c31)C(=O)NC4O. The number of fused-ring (bicyclic) bond motifs is 26. The van der Waals surface area contributed by atoms with E-state index in [1.807, 2.05) is 92.7 Å². The zero-order chi connectivity index (χ0) is 58.2. The number of para-hydroxylation sites is 3. The maximum Gasteiger partial charge on any atom is 0.415 e. The number of carbonyl (C=O) groups excluding carboxylic acids is 4. The van der Waals surface area contributed by atoms with Crippen LogP contribution in [0.25, 0.3) is 98.4 Å². The van der Waals surface area contributed by atoms with E-state index in [2.05, 4.69) is 41.0 Å². The molecule has 4 amide bonds. The van der Waals surface area contributed by atoms with E-state index >= 15 is 0 Å². The summed E-state index contributed by atoms with van der Waals surface area (Å²) in [6.45, 7) is 3.95. The number of rotatable bonds is 6. The lowest BCUT2D eigenvalue weighted by atomic mass is 9.91. The molecule has 0 radical (unpaired) electrons. The van der Waals surface area contributed by atoms with Gasteiger partial charge >= 0.3 is 12.2 Å². The van der Waals surface area contributed by atoms with Crippen LogP contribution in [0.15, 0.2) is 115 Å². The summed E-state index contributed by atoms with van der Waals surface area (Å²) < 4.78 is 48.0. The Hall–Kier alpha value is -9.02. The molecule has 20 nitrogen and oxygen atoms in total. The van der Waals surface area contributed by atoms with Crippen molar-refractivity contribution in [2.45, 2.75) is 87.3 Å². The monoisotopic (exact) mass is 1140 g/mol. The Morgan fingerprint density at radius 3 is 1.54 bits per heavy atom. The minimum Gasteiger partial charge on any atom is -0.453 e. The van der Waals surface area contributed by atoms with Crippen molar-refractivity contribution in [3.8, 4) is 16.9 Å². The van der Waals surface area contributed by atoms with Crippen molar-refractivity contribution in [3.63, 3.8) is 0 Å². The molecule has 10 atom stereocenters. The second-order valence-corrected chi connectivity index (χ2v) is 23.7. The number of amides is 4. The van der Waals surface area contributed by atoms with E-state index in [9.17, 15) is 29.4 Å². The third-order valence-corrected chi connectivity index (χ3v) is 19.7. The molecule has 4 bridgehead atoms. The molecule has 11 aromatic rings. The summed E-state index contributed by atoms with van der Waals surface area (Å²) >= 11 is 0. The highest BCUT2D eigenvalue weighted by atomic mass is 16.6. The number of aromatic nitrogens is 4. The molecular weight excluding hydrogens is 1080 g/mol. The Kier molecular flexibility index (Phi) is 10.1. The zero-order valence-corrected chi connectivity index (χ0v) is 47.2.